The van der Waals surface area contributed by atoms with Crippen LogP contribution in [0, 0.1) is 40.4 Å². The third-order valence-corrected chi connectivity index (χ3v) is 10.4. The number of ether oxygens (including phenoxy) is 2. The van der Waals surface area contributed by atoms with Crippen molar-refractivity contribution < 1.29 is 19.1 Å². The first-order valence-electron chi connectivity index (χ1n) is 13.1. The number of hydrogen-bond acceptors (Lipinski definition) is 4. The Kier molecular flexibility index (Phi) is 6.81. The first-order chi connectivity index (χ1) is 15.2. The second-order valence-electron chi connectivity index (χ2n) is 11.9. The summed E-state index contributed by atoms with van der Waals surface area (Å²) in [5, 5.41) is 0. The Bertz CT molecular complexity index is 757. The zero-order valence-electron chi connectivity index (χ0n) is 21.0. The van der Waals surface area contributed by atoms with E-state index in [0.717, 1.165) is 55.8 Å². The molecule has 0 saturated heterocycles. The summed E-state index contributed by atoms with van der Waals surface area (Å²) in [5.41, 5.74) is 2.32. The van der Waals surface area contributed by atoms with Gasteiger partial charge in [0.15, 0.2) is 0 Å². The van der Waals surface area contributed by atoms with Gasteiger partial charge >= 0.3 is 11.9 Å². The van der Waals surface area contributed by atoms with Crippen LogP contribution in [0.4, 0.5) is 0 Å². The van der Waals surface area contributed by atoms with Gasteiger partial charge in [-0.25, -0.2) is 0 Å². The molecule has 3 saturated carbocycles. The molecule has 3 fully saturated rings. The summed E-state index contributed by atoms with van der Waals surface area (Å²) in [6.45, 7) is 9.08. The second kappa shape index (κ2) is 9.14. The van der Waals surface area contributed by atoms with Crippen molar-refractivity contribution in [3.05, 3.63) is 11.6 Å². The minimum absolute atomic E-state index is 0.0744. The summed E-state index contributed by atoms with van der Waals surface area (Å²) in [6.07, 6.45) is 15.0. The van der Waals surface area contributed by atoms with Gasteiger partial charge in [0.1, 0.15) is 6.10 Å². The zero-order chi connectivity index (χ0) is 23.1. The third-order valence-electron chi connectivity index (χ3n) is 10.4. The minimum Gasteiger partial charge on any atom is -0.469 e. The summed E-state index contributed by atoms with van der Waals surface area (Å²) >= 11 is 0. The Morgan fingerprint density at radius 2 is 1.91 bits per heavy atom. The Morgan fingerprint density at radius 3 is 2.62 bits per heavy atom. The van der Waals surface area contributed by atoms with Crippen molar-refractivity contribution in [3.63, 3.8) is 0 Å². The fraction of sp³-hybridized carbons (Fsp3) is 0.857. The molecule has 8 atom stereocenters. The molecular formula is C28H44O4. The van der Waals surface area contributed by atoms with Gasteiger partial charge in [-0.15, -0.1) is 0 Å². The van der Waals surface area contributed by atoms with Crippen LogP contribution in [-0.4, -0.2) is 25.2 Å². The summed E-state index contributed by atoms with van der Waals surface area (Å²) in [4.78, 5) is 23.0. The van der Waals surface area contributed by atoms with E-state index in [-0.39, 0.29) is 18.0 Å². The van der Waals surface area contributed by atoms with Crippen molar-refractivity contribution in [2.45, 2.75) is 104 Å². The van der Waals surface area contributed by atoms with Crippen LogP contribution in [0.1, 0.15) is 98.3 Å². The predicted molar refractivity (Wildman–Crippen MR) is 126 cm³/mol. The summed E-state index contributed by atoms with van der Waals surface area (Å²) < 4.78 is 10.4. The van der Waals surface area contributed by atoms with Crippen molar-refractivity contribution in [3.8, 4) is 0 Å². The molecule has 0 heterocycles. The van der Waals surface area contributed by atoms with E-state index in [0.29, 0.717) is 23.2 Å². The smallest absolute Gasteiger partial charge is 0.305 e. The van der Waals surface area contributed by atoms with Crippen molar-refractivity contribution in [2.75, 3.05) is 7.11 Å². The standard InChI is InChI=1S/C28H44O4/c1-18(7-6-8-26(30)31-5)23-11-12-24-22-10-9-20-17-21(32-19(2)29)13-15-27(20,3)25(22)14-16-28(23,24)4/h9,18,21-25H,6-8,10-17H2,1-5H3/t18-,21+,22+,23-,24+,25+,27+,28-/m1/s1. The van der Waals surface area contributed by atoms with Gasteiger partial charge in [0.2, 0.25) is 0 Å². The van der Waals surface area contributed by atoms with E-state index in [2.05, 4.69) is 26.8 Å². The van der Waals surface area contributed by atoms with Crippen LogP contribution in [0.15, 0.2) is 11.6 Å². The number of hydrogen-bond donors (Lipinski definition) is 0. The van der Waals surface area contributed by atoms with E-state index in [1.807, 2.05) is 0 Å². The fourth-order valence-electron chi connectivity index (χ4n) is 8.81. The van der Waals surface area contributed by atoms with Gasteiger partial charge in [0.25, 0.3) is 0 Å². The normalized spacial score (nSPS) is 41.5. The number of carbonyl (C=O) groups excluding carboxylic acids is 2. The SMILES string of the molecule is COC(=O)CCC[C@@H](C)[C@H]1CC[C@H]2[C@@H]3CC=C4C[C@@H](OC(C)=O)CC[C@]4(C)[C@H]3CC[C@]12C. The average molecular weight is 445 g/mol. The highest BCUT2D eigenvalue weighted by Crippen LogP contribution is 2.67. The maximum atomic E-state index is 11.5. The molecule has 0 radical (unpaired) electrons. The van der Waals surface area contributed by atoms with Crippen LogP contribution < -0.4 is 0 Å². The molecular weight excluding hydrogens is 400 g/mol. The van der Waals surface area contributed by atoms with Crippen molar-refractivity contribution >= 4 is 11.9 Å². The quantitative estimate of drug-likeness (QED) is 0.348. The molecule has 0 aliphatic heterocycles. The predicted octanol–water partition coefficient (Wildman–Crippen LogP) is 6.48. The van der Waals surface area contributed by atoms with Crippen LogP contribution in [-0.2, 0) is 19.1 Å². The molecule has 180 valence electrons. The van der Waals surface area contributed by atoms with Gasteiger partial charge in [-0.2, -0.15) is 0 Å². The topological polar surface area (TPSA) is 52.6 Å². The van der Waals surface area contributed by atoms with Gasteiger partial charge in [-0.1, -0.05) is 32.4 Å². The Labute approximate surface area is 194 Å². The fourth-order valence-corrected chi connectivity index (χ4v) is 8.81. The van der Waals surface area contributed by atoms with E-state index in [1.165, 1.54) is 46.1 Å². The molecule has 0 spiro atoms. The summed E-state index contributed by atoms with van der Waals surface area (Å²) in [5.74, 6) is 3.66. The monoisotopic (exact) mass is 444 g/mol. The van der Waals surface area contributed by atoms with Gasteiger partial charge < -0.3 is 9.47 Å². The van der Waals surface area contributed by atoms with Gasteiger partial charge in [-0.3, -0.25) is 9.59 Å². The Balaban J connectivity index is 1.45. The Morgan fingerprint density at radius 1 is 1.12 bits per heavy atom. The zero-order valence-corrected chi connectivity index (χ0v) is 21.0. The van der Waals surface area contributed by atoms with Crippen LogP contribution in [0.2, 0.25) is 0 Å². The largest absolute Gasteiger partial charge is 0.469 e. The molecule has 4 aliphatic rings. The molecule has 0 unspecified atom stereocenters. The number of methoxy groups -OCH3 is 1. The lowest BCUT2D eigenvalue weighted by Gasteiger charge is -2.58. The van der Waals surface area contributed by atoms with Crippen molar-refractivity contribution in [1.29, 1.82) is 0 Å². The Hall–Kier alpha value is -1.32. The lowest BCUT2D eigenvalue weighted by molar-refractivity contribution is -0.148. The number of esters is 2. The number of carbonyl (C=O) groups is 2. The molecule has 0 aromatic heterocycles. The maximum absolute atomic E-state index is 11.5. The lowest BCUT2D eigenvalue weighted by atomic mass is 9.47. The van der Waals surface area contributed by atoms with Crippen molar-refractivity contribution in [1.82, 2.24) is 0 Å². The third kappa shape index (κ3) is 4.16. The van der Waals surface area contributed by atoms with E-state index in [4.69, 9.17) is 9.47 Å². The maximum Gasteiger partial charge on any atom is 0.305 e. The first-order valence-corrected chi connectivity index (χ1v) is 13.1. The van der Waals surface area contributed by atoms with Gasteiger partial charge in [-0.05, 0) is 98.2 Å². The van der Waals surface area contributed by atoms with Crippen LogP contribution >= 0.6 is 0 Å². The van der Waals surface area contributed by atoms with E-state index >= 15 is 0 Å². The molecule has 4 nitrogen and oxygen atoms in total. The molecule has 0 bridgehead atoms. The summed E-state index contributed by atoms with van der Waals surface area (Å²) in [6, 6.07) is 0. The second-order valence-corrected chi connectivity index (χ2v) is 11.9. The molecule has 32 heavy (non-hydrogen) atoms. The highest BCUT2D eigenvalue weighted by molar-refractivity contribution is 5.69. The van der Waals surface area contributed by atoms with Gasteiger partial charge in [0, 0.05) is 19.8 Å². The van der Waals surface area contributed by atoms with Crippen LogP contribution in [0.5, 0.6) is 0 Å². The average Bonchev–Trinajstić information content (AvgIpc) is 3.10. The number of rotatable bonds is 6. The summed E-state index contributed by atoms with van der Waals surface area (Å²) in [7, 11) is 1.49. The van der Waals surface area contributed by atoms with Crippen molar-refractivity contribution in [2.24, 2.45) is 40.4 Å². The van der Waals surface area contributed by atoms with Crippen LogP contribution in [0.3, 0.4) is 0 Å². The molecule has 4 rings (SSSR count). The molecule has 4 aliphatic carbocycles. The molecule has 0 amide bonds. The highest BCUT2D eigenvalue weighted by atomic mass is 16.5. The molecule has 4 heteroatoms. The number of fused-ring (bicyclic) bond motifs is 5. The lowest BCUT2D eigenvalue weighted by Crippen LogP contribution is -2.51. The molecule has 0 aromatic carbocycles. The highest BCUT2D eigenvalue weighted by Gasteiger charge is 2.59. The minimum atomic E-state index is -0.140. The van der Waals surface area contributed by atoms with E-state index in [1.54, 1.807) is 5.57 Å². The number of allylic oxidation sites excluding steroid dienone is 1. The van der Waals surface area contributed by atoms with Gasteiger partial charge in [0.05, 0.1) is 7.11 Å². The molecule has 0 N–H and O–H groups in total. The van der Waals surface area contributed by atoms with Crippen LogP contribution in [0.25, 0.3) is 0 Å². The molecule has 0 aromatic rings. The van der Waals surface area contributed by atoms with E-state index in [9.17, 15) is 9.59 Å². The first kappa shape index (κ1) is 23.8. The van der Waals surface area contributed by atoms with E-state index < -0.39 is 0 Å².